The van der Waals surface area contributed by atoms with Crippen LogP contribution in [0.3, 0.4) is 0 Å². The fraction of sp³-hybridized carbons (Fsp3) is 0.217. The van der Waals surface area contributed by atoms with E-state index < -0.39 is 29.3 Å². The van der Waals surface area contributed by atoms with E-state index >= 15 is 0 Å². The Balaban J connectivity index is 1.77. The summed E-state index contributed by atoms with van der Waals surface area (Å²) in [5.74, 6) is -2.91. The zero-order valence-corrected chi connectivity index (χ0v) is 17.9. The van der Waals surface area contributed by atoms with Gasteiger partial charge in [-0.1, -0.05) is 23.7 Å². The van der Waals surface area contributed by atoms with Crippen molar-refractivity contribution in [1.82, 2.24) is 15.0 Å². The minimum absolute atomic E-state index is 0.0247. The molecule has 0 saturated heterocycles. The Labute approximate surface area is 185 Å². The van der Waals surface area contributed by atoms with Gasteiger partial charge in [0.2, 0.25) is 5.95 Å². The maximum atomic E-state index is 15.0. The summed E-state index contributed by atoms with van der Waals surface area (Å²) in [7, 11) is 0. The highest BCUT2D eigenvalue weighted by molar-refractivity contribution is 6.31. The number of hydrogen-bond acceptors (Lipinski definition) is 3. The number of nitrogens with zero attached hydrogens (tertiary/aromatic N) is 3. The molecular weight excluding hydrogens is 444 g/mol. The van der Waals surface area contributed by atoms with Crippen molar-refractivity contribution in [3.05, 3.63) is 86.8 Å². The normalized spacial score (nSPS) is 16.0. The monoisotopic (exact) mass is 460 g/mol. The summed E-state index contributed by atoms with van der Waals surface area (Å²) in [5.41, 5.74) is 2.24. The van der Waals surface area contributed by atoms with Crippen LogP contribution in [0, 0.1) is 37.1 Å². The van der Waals surface area contributed by atoms with E-state index in [0.29, 0.717) is 29.6 Å². The highest BCUT2D eigenvalue weighted by Crippen LogP contribution is 2.42. The van der Waals surface area contributed by atoms with Crippen LogP contribution in [-0.4, -0.2) is 21.5 Å². The van der Waals surface area contributed by atoms with Gasteiger partial charge in [0, 0.05) is 28.7 Å². The van der Waals surface area contributed by atoms with E-state index in [-0.39, 0.29) is 27.9 Å². The SMILES string of the molecule is Cc1nc(N2CCc3c([nH]c4cc(F)c(Cl)cc34)C2c2cccc(F)c2F)nc(C)c1F. The molecule has 3 heterocycles. The number of rotatable bonds is 2. The molecule has 0 fully saturated rings. The maximum Gasteiger partial charge on any atom is 0.226 e. The van der Waals surface area contributed by atoms with Crippen LogP contribution in [0.4, 0.5) is 23.5 Å². The van der Waals surface area contributed by atoms with Crippen LogP contribution in [0.25, 0.3) is 10.9 Å². The van der Waals surface area contributed by atoms with E-state index in [1.54, 1.807) is 4.90 Å². The van der Waals surface area contributed by atoms with Crippen molar-refractivity contribution in [3.63, 3.8) is 0 Å². The van der Waals surface area contributed by atoms with Crippen LogP contribution in [-0.2, 0) is 6.42 Å². The summed E-state index contributed by atoms with van der Waals surface area (Å²) in [4.78, 5) is 13.4. The first kappa shape index (κ1) is 20.8. The van der Waals surface area contributed by atoms with E-state index in [1.807, 2.05) is 0 Å². The number of benzene rings is 2. The van der Waals surface area contributed by atoms with Crippen LogP contribution in [0.5, 0.6) is 0 Å². The third kappa shape index (κ3) is 3.12. The number of nitrogens with one attached hydrogen (secondary N) is 1. The van der Waals surface area contributed by atoms with E-state index in [4.69, 9.17) is 11.6 Å². The fourth-order valence-electron chi connectivity index (χ4n) is 4.37. The predicted molar refractivity (Wildman–Crippen MR) is 114 cm³/mol. The lowest BCUT2D eigenvalue weighted by Crippen LogP contribution is -2.38. The molecule has 0 amide bonds. The maximum absolute atomic E-state index is 15.0. The Morgan fingerprint density at radius 1 is 1.00 bits per heavy atom. The topological polar surface area (TPSA) is 44.8 Å². The molecule has 0 bridgehead atoms. The molecule has 32 heavy (non-hydrogen) atoms. The highest BCUT2D eigenvalue weighted by atomic mass is 35.5. The molecule has 1 atom stereocenters. The zero-order chi connectivity index (χ0) is 22.7. The Morgan fingerprint density at radius 2 is 1.72 bits per heavy atom. The molecule has 4 nitrogen and oxygen atoms in total. The summed E-state index contributed by atoms with van der Waals surface area (Å²) in [6.45, 7) is 3.39. The Bertz CT molecular complexity index is 1360. The summed E-state index contributed by atoms with van der Waals surface area (Å²) < 4.78 is 57.4. The second-order valence-electron chi connectivity index (χ2n) is 7.83. The lowest BCUT2D eigenvalue weighted by atomic mass is 9.92. The highest BCUT2D eigenvalue weighted by Gasteiger charge is 2.36. The third-order valence-electron chi connectivity index (χ3n) is 5.87. The van der Waals surface area contributed by atoms with Crippen LogP contribution in [0.1, 0.15) is 34.3 Å². The summed E-state index contributed by atoms with van der Waals surface area (Å²) in [5, 5.41) is 0.684. The van der Waals surface area contributed by atoms with Crippen molar-refractivity contribution in [2.45, 2.75) is 26.3 Å². The van der Waals surface area contributed by atoms with Gasteiger partial charge in [0.05, 0.1) is 16.4 Å². The van der Waals surface area contributed by atoms with Crippen molar-refractivity contribution >= 4 is 28.5 Å². The molecule has 164 valence electrons. The van der Waals surface area contributed by atoms with Gasteiger partial charge in [-0.3, -0.25) is 0 Å². The smallest absolute Gasteiger partial charge is 0.226 e. The summed E-state index contributed by atoms with van der Waals surface area (Å²) >= 11 is 6.00. The largest absolute Gasteiger partial charge is 0.356 e. The first-order valence-corrected chi connectivity index (χ1v) is 10.3. The van der Waals surface area contributed by atoms with Gasteiger partial charge in [-0.05, 0) is 44.0 Å². The van der Waals surface area contributed by atoms with E-state index in [9.17, 15) is 17.6 Å². The quantitative estimate of drug-likeness (QED) is 0.377. The Morgan fingerprint density at radius 3 is 2.44 bits per heavy atom. The van der Waals surface area contributed by atoms with Crippen molar-refractivity contribution < 1.29 is 17.6 Å². The van der Waals surface area contributed by atoms with Crippen LogP contribution in [0.2, 0.25) is 5.02 Å². The van der Waals surface area contributed by atoms with Crippen molar-refractivity contribution in [3.8, 4) is 0 Å². The van der Waals surface area contributed by atoms with Gasteiger partial charge in [-0.2, -0.15) is 0 Å². The van der Waals surface area contributed by atoms with Crippen LogP contribution < -0.4 is 4.90 Å². The van der Waals surface area contributed by atoms with E-state index in [2.05, 4.69) is 15.0 Å². The predicted octanol–water partition coefficient (Wildman–Crippen LogP) is 5.94. The van der Waals surface area contributed by atoms with Crippen LogP contribution >= 0.6 is 11.6 Å². The van der Waals surface area contributed by atoms with Crippen molar-refractivity contribution in [2.75, 3.05) is 11.4 Å². The molecule has 9 heteroatoms. The van der Waals surface area contributed by atoms with Gasteiger partial charge in [0.15, 0.2) is 17.5 Å². The third-order valence-corrected chi connectivity index (χ3v) is 6.16. The number of H-pyrrole nitrogens is 1. The van der Waals surface area contributed by atoms with Gasteiger partial charge in [-0.25, -0.2) is 27.5 Å². The number of fused-ring (bicyclic) bond motifs is 3. The molecule has 0 aliphatic carbocycles. The molecular formula is C23H17ClF4N4. The molecule has 5 rings (SSSR count). The first-order chi connectivity index (χ1) is 15.3. The molecule has 2 aromatic heterocycles. The lowest BCUT2D eigenvalue weighted by Gasteiger charge is -2.36. The molecule has 4 aromatic rings. The minimum Gasteiger partial charge on any atom is -0.356 e. The average molecular weight is 461 g/mol. The Hall–Kier alpha value is -3.13. The van der Waals surface area contributed by atoms with Gasteiger partial charge < -0.3 is 9.88 Å². The molecule has 1 N–H and O–H groups in total. The second-order valence-corrected chi connectivity index (χ2v) is 8.23. The van der Waals surface area contributed by atoms with Crippen molar-refractivity contribution in [2.24, 2.45) is 0 Å². The summed E-state index contributed by atoms with van der Waals surface area (Å²) in [6.07, 6.45) is 0.490. The molecule has 0 saturated carbocycles. The molecule has 1 unspecified atom stereocenters. The fourth-order valence-corrected chi connectivity index (χ4v) is 4.53. The number of aryl methyl sites for hydroxylation is 2. The standard InChI is InChI=1S/C23H17ClF4N4/c1-10-19(27)11(2)30-23(29-10)32-7-6-12-14-8-15(24)17(26)9-18(14)31-21(12)22(32)13-4-3-5-16(25)20(13)28/h3-5,8-9,22,31H,6-7H2,1-2H3. The molecule has 1 aliphatic rings. The number of hydrogen-bond donors (Lipinski definition) is 1. The van der Waals surface area contributed by atoms with E-state index in [1.165, 1.54) is 38.1 Å². The molecule has 0 spiro atoms. The van der Waals surface area contributed by atoms with Crippen molar-refractivity contribution in [1.29, 1.82) is 0 Å². The van der Waals surface area contributed by atoms with Gasteiger partial charge in [0.25, 0.3) is 0 Å². The molecule has 2 aromatic carbocycles. The summed E-state index contributed by atoms with van der Waals surface area (Å²) in [6, 6.07) is 5.90. The number of aromatic amines is 1. The first-order valence-electron chi connectivity index (χ1n) is 9.97. The van der Waals surface area contributed by atoms with Gasteiger partial charge >= 0.3 is 0 Å². The Kier molecular flexibility index (Phi) is 4.85. The number of anilines is 1. The minimum atomic E-state index is -1.01. The van der Waals surface area contributed by atoms with Gasteiger partial charge in [0.1, 0.15) is 11.9 Å². The lowest BCUT2D eigenvalue weighted by molar-refractivity contribution is 0.485. The van der Waals surface area contributed by atoms with E-state index in [0.717, 1.165) is 11.6 Å². The molecule has 1 aliphatic heterocycles. The zero-order valence-electron chi connectivity index (χ0n) is 17.1. The molecule has 0 radical (unpaired) electrons. The number of halogens is 5. The second kappa shape index (κ2) is 7.48. The number of aromatic nitrogens is 3. The van der Waals surface area contributed by atoms with Gasteiger partial charge in [-0.15, -0.1) is 0 Å². The average Bonchev–Trinajstić information content (AvgIpc) is 3.11. The van der Waals surface area contributed by atoms with Crippen LogP contribution in [0.15, 0.2) is 30.3 Å².